The van der Waals surface area contributed by atoms with Crippen LogP contribution in [-0.2, 0) is 9.59 Å². The number of amides is 2. The molecule has 1 rings (SSSR count). The van der Waals surface area contributed by atoms with Gasteiger partial charge in [-0.25, -0.2) is 0 Å². The molecule has 0 aromatic carbocycles. The van der Waals surface area contributed by atoms with Crippen molar-refractivity contribution in [1.82, 2.24) is 10.2 Å². The van der Waals surface area contributed by atoms with Crippen LogP contribution >= 0.6 is 11.8 Å². The van der Waals surface area contributed by atoms with E-state index in [2.05, 4.69) is 19.2 Å². The van der Waals surface area contributed by atoms with E-state index in [-0.39, 0.29) is 28.5 Å². The van der Waals surface area contributed by atoms with Crippen LogP contribution in [0, 0.1) is 5.92 Å². The quantitative estimate of drug-likeness (QED) is 0.847. The van der Waals surface area contributed by atoms with Crippen LogP contribution in [0.1, 0.15) is 48.0 Å². The van der Waals surface area contributed by atoms with Gasteiger partial charge < -0.3 is 10.2 Å². The van der Waals surface area contributed by atoms with Gasteiger partial charge in [-0.15, -0.1) is 0 Å². The molecule has 0 bridgehead atoms. The van der Waals surface area contributed by atoms with Gasteiger partial charge in [0, 0.05) is 11.3 Å². The first-order chi connectivity index (χ1) is 9.08. The standard InChI is InChI=1S/C15H28N2O2S/c1-8-15(6)13(19)17(9-14(4,5)20-7)11(10(2)3)12(18)16-15/h10-11H,8-9H2,1-7H3,(H,16,18). The van der Waals surface area contributed by atoms with E-state index >= 15 is 0 Å². The highest BCUT2D eigenvalue weighted by molar-refractivity contribution is 7.99. The number of hydrogen-bond donors (Lipinski definition) is 1. The minimum absolute atomic E-state index is 0.0270. The van der Waals surface area contributed by atoms with Crippen LogP contribution in [-0.4, -0.2) is 45.8 Å². The van der Waals surface area contributed by atoms with E-state index in [1.165, 1.54) is 0 Å². The molecule has 2 amide bonds. The second kappa shape index (κ2) is 5.96. The Morgan fingerprint density at radius 1 is 1.40 bits per heavy atom. The van der Waals surface area contributed by atoms with Crippen LogP contribution in [0.25, 0.3) is 0 Å². The fourth-order valence-corrected chi connectivity index (χ4v) is 2.80. The number of hydrogen-bond acceptors (Lipinski definition) is 3. The van der Waals surface area contributed by atoms with Gasteiger partial charge in [0.05, 0.1) is 0 Å². The Morgan fingerprint density at radius 2 is 1.95 bits per heavy atom. The Hall–Kier alpha value is -0.710. The fraction of sp³-hybridized carbons (Fsp3) is 0.867. The molecule has 20 heavy (non-hydrogen) atoms. The average molecular weight is 300 g/mol. The zero-order valence-electron chi connectivity index (χ0n) is 13.7. The zero-order chi connectivity index (χ0) is 15.7. The maximum absolute atomic E-state index is 12.8. The van der Waals surface area contributed by atoms with Crippen molar-refractivity contribution in [2.45, 2.75) is 64.3 Å². The lowest BCUT2D eigenvalue weighted by molar-refractivity contribution is -0.156. The molecule has 2 unspecified atom stereocenters. The Morgan fingerprint density at radius 3 is 2.35 bits per heavy atom. The van der Waals surface area contributed by atoms with Crippen molar-refractivity contribution in [3.63, 3.8) is 0 Å². The molecule has 1 heterocycles. The highest BCUT2D eigenvalue weighted by Gasteiger charge is 2.48. The highest BCUT2D eigenvalue weighted by atomic mass is 32.2. The van der Waals surface area contributed by atoms with Gasteiger partial charge in [-0.05, 0) is 39.4 Å². The molecule has 1 N–H and O–H groups in total. The molecule has 4 nitrogen and oxygen atoms in total. The highest BCUT2D eigenvalue weighted by Crippen LogP contribution is 2.30. The predicted molar refractivity (Wildman–Crippen MR) is 84.8 cm³/mol. The average Bonchev–Trinajstić information content (AvgIpc) is 2.34. The molecule has 0 aliphatic carbocycles. The summed E-state index contributed by atoms with van der Waals surface area (Å²) >= 11 is 1.72. The Labute approximate surface area is 127 Å². The second-order valence-corrected chi connectivity index (χ2v) is 8.27. The first-order valence-electron chi connectivity index (χ1n) is 7.26. The van der Waals surface area contributed by atoms with Gasteiger partial charge in [-0.2, -0.15) is 11.8 Å². The van der Waals surface area contributed by atoms with Crippen LogP contribution in [0.15, 0.2) is 0 Å². The van der Waals surface area contributed by atoms with Gasteiger partial charge in [0.2, 0.25) is 11.8 Å². The summed E-state index contributed by atoms with van der Waals surface area (Å²) in [5.74, 6) is 0.124. The molecular formula is C15H28N2O2S. The number of thioether (sulfide) groups is 1. The minimum atomic E-state index is -0.767. The molecule has 1 aliphatic rings. The van der Waals surface area contributed by atoms with Crippen molar-refractivity contribution >= 4 is 23.6 Å². The lowest BCUT2D eigenvalue weighted by Crippen LogP contribution is -2.71. The SMILES string of the molecule is CCC1(C)NC(=O)C(C(C)C)N(CC(C)(C)SC)C1=O. The smallest absolute Gasteiger partial charge is 0.248 e. The third-order valence-corrected chi connectivity index (χ3v) is 5.41. The topological polar surface area (TPSA) is 49.4 Å². The summed E-state index contributed by atoms with van der Waals surface area (Å²) in [7, 11) is 0. The van der Waals surface area contributed by atoms with Gasteiger partial charge in [-0.3, -0.25) is 9.59 Å². The van der Waals surface area contributed by atoms with E-state index < -0.39 is 5.54 Å². The normalized spacial score (nSPS) is 28.0. The molecule has 1 aliphatic heterocycles. The zero-order valence-corrected chi connectivity index (χ0v) is 14.6. The number of carbonyl (C=O) groups is 2. The first kappa shape index (κ1) is 17.3. The monoisotopic (exact) mass is 300 g/mol. The molecule has 5 heteroatoms. The maximum Gasteiger partial charge on any atom is 0.248 e. The van der Waals surface area contributed by atoms with E-state index in [9.17, 15) is 9.59 Å². The largest absolute Gasteiger partial charge is 0.340 e. The Bertz CT molecular complexity index is 395. The van der Waals surface area contributed by atoms with E-state index in [0.717, 1.165) is 0 Å². The molecule has 0 saturated carbocycles. The van der Waals surface area contributed by atoms with E-state index in [1.807, 2.05) is 34.0 Å². The van der Waals surface area contributed by atoms with Crippen molar-refractivity contribution in [2.24, 2.45) is 5.92 Å². The van der Waals surface area contributed by atoms with Gasteiger partial charge in [0.1, 0.15) is 11.6 Å². The van der Waals surface area contributed by atoms with Crippen LogP contribution < -0.4 is 5.32 Å². The Kier molecular flexibility index (Phi) is 5.17. The number of nitrogens with zero attached hydrogens (tertiary/aromatic N) is 1. The third-order valence-electron chi connectivity index (χ3n) is 4.18. The van der Waals surface area contributed by atoms with Gasteiger partial charge in [0.15, 0.2) is 0 Å². The van der Waals surface area contributed by atoms with Crippen molar-refractivity contribution in [2.75, 3.05) is 12.8 Å². The molecule has 1 fully saturated rings. The van der Waals surface area contributed by atoms with Gasteiger partial charge in [-0.1, -0.05) is 20.8 Å². The van der Waals surface area contributed by atoms with E-state index in [4.69, 9.17) is 0 Å². The van der Waals surface area contributed by atoms with Crippen molar-refractivity contribution in [3.8, 4) is 0 Å². The van der Waals surface area contributed by atoms with Crippen LogP contribution in [0.2, 0.25) is 0 Å². The summed E-state index contributed by atoms with van der Waals surface area (Å²) in [6.07, 6.45) is 2.65. The third kappa shape index (κ3) is 3.30. The van der Waals surface area contributed by atoms with Gasteiger partial charge in [0.25, 0.3) is 0 Å². The summed E-state index contributed by atoms with van der Waals surface area (Å²) in [6, 6.07) is -0.367. The molecule has 0 spiro atoms. The molecular weight excluding hydrogens is 272 g/mol. The first-order valence-corrected chi connectivity index (χ1v) is 8.48. The van der Waals surface area contributed by atoms with Crippen LogP contribution in [0.5, 0.6) is 0 Å². The number of piperazine rings is 1. The summed E-state index contributed by atoms with van der Waals surface area (Å²) in [5.41, 5.74) is -0.767. The van der Waals surface area contributed by atoms with E-state index in [0.29, 0.717) is 13.0 Å². The van der Waals surface area contributed by atoms with Crippen LogP contribution in [0.4, 0.5) is 0 Å². The summed E-state index contributed by atoms with van der Waals surface area (Å²) in [5, 5.41) is 2.92. The lowest BCUT2D eigenvalue weighted by Gasteiger charge is -2.47. The number of carbonyl (C=O) groups excluding carboxylic acids is 2. The van der Waals surface area contributed by atoms with Crippen molar-refractivity contribution in [1.29, 1.82) is 0 Å². The molecule has 0 aromatic heterocycles. The van der Waals surface area contributed by atoms with E-state index in [1.54, 1.807) is 16.7 Å². The molecule has 116 valence electrons. The maximum atomic E-state index is 12.8. The molecule has 0 radical (unpaired) electrons. The summed E-state index contributed by atoms with van der Waals surface area (Å²) < 4.78 is -0.0604. The van der Waals surface area contributed by atoms with Gasteiger partial charge >= 0.3 is 0 Å². The predicted octanol–water partition coefficient (Wildman–Crippen LogP) is 2.28. The Balaban J connectivity index is 3.15. The van der Waals surface area contributed by atoms with Crippen LogP contribution in [0.3, 0.4) is 0 Å². The van der Waals surface area contributed by atoms with Crippen molar-refractivity contribution < 1.29 is 9.59 Å². The van der Waals surface area contributed by atoms with Crippen molar-refractivity contribution in [3.05, 3.63) is 0 Å². The summed E-state index contributed by atoms with van der Waals surface area (Å²) in [4.78, 5) is 27.1. The minimum Gasteiger partial charge on any atom is -0.340 e. The second-order valence-electron chi connectivity index (χ2n) is 6.76. The molecule has 1 saturated heterocycles. The fourth-order valence-electron chi connectivity index (χ4n) is 2.53. The lowest BCUT2D eigenvalue weighted by atomic mass is 9.88. The number of rotatable bonds is 5. The molecule has 0 aromatic rings. The summed E-state index contributed by atoms with van der Waals surface area (Å²) in [6.45, 7) is 12.6. The number of nitrogens with one attached hydrogen (secondary N) is 1. The molecule has 2 atom stereocenters.